The highest BCUT2D eigenvalue weighted by Crippen LogP contribution is 2.15. The van der Waals surface area contributed by atoms with Crippen molar-refractivity contribution in [2.45, 2.75) is 13.8 Å². The number of pyridine rings is 1. The summed E-state index contributed by atoms with van der Waals surface area (Å²) in [5.74, 6) is 0.537. The van der Waals surface area contributed by atoms with Crippen LogP contribution in [-0.4, -0.2) is 23.9 Å². The van der Waals surface area contributed by atoms with Gasteiger partial charge in [-0.2, -0.15) is 0 Å². The van der Waals surface area contributed by atoms with Gasteiger partial charge in [-0.25, -0.2) is 4.98 Å². The summed E-state index contributed by atoms with van der Waals surface area (Å²) in [5.41, 5.74) is 1.06. The van der Waals surface area contributed by atoms with E-state index in [1.54, 1.807) is 43.5 Å². The van der Waals surface area contributed by atoms with Crippen molar-refractivity contribution in [3.8, 4) is 5.75 Å². The lowest BCUT2D eigenvalue weighted by Gasteiger charge is -2.09. The molecule has 0 fully saturated rings. The number of carbonyl (C=O) groups is 2. The van der Waals surface area contributed by atoms with Crippen molar-refractivity contribution in [2.24, 2.45) is 5.92 Å². The van der Waals surface area contributed by atoms with Gasteiger partial charge in [-0.1, -0.05) is 19.9 Å². The predicted octanol–water partition coefficient (Wildman–Crippen LogP) is 2.94. The molecule has 1 aromatic heterocycles. The molecule has 6 heteroatoms. The summed E-state index contributed by atoms with van der Waals surface area (Å²) in [4.78, 5) is 27.9. The van der Waals surface area contributed by atoms with E-state index >= 15 is 0 Å². The summed E-state index contributed by atoms with van der Waals surface area (Å²) in [7, 11) is 1.54. The first kappa shape index (κ1) is 16.5. The molecule has 0 aliphatic carbocycles. The standard InChI is InChI=1S/C17H19N3O3/c1-11(2)16(21)19-13-7-8-15(18-10-13)20-17(22)12-5-4-6-14(9-12)23-3/h4-11H,1-3H3,(H,19,21)(H,18,20,22). The second-order valence-corrected chi connectivity index (χ2v) is 5.26. The van der Waals surface area contributed by atoms with Gasteiger partial charge >= 0.3 is 0 Å². The lowest BCUT2D eigenvalue weighted by Crippen LogP contribution is -2.18. The zero-order valence-electron chi connectivity index (χ0n) is 13.3. The molecule has 0 aliphatic rings. The molecule has 2 N–H and O–H groups in total. The molecule has 2 amide bonds. The molecule has 0 atom stereocenters. The number of hydrogen-bond acceptors (Lipinski definition) is 4. The van der Waals surface area contributed by atoms with Crippen LogP contribution in [0.5, 0.6) is 5.75 Å². The van der Waals surface area contributed by atoms with Crippen molar-refractivity contribution >= 4 is 23.3 Å². The zero-order chi connectivity index (χ0) is 16.8. The van der Waals surface area contributed by atoms with Crippen LogP contribution in [0.15, 0.2) is 42.6 Å². The molecule has 0 spiro atoms. The lowest BCUT2D eigenvalue weighted by atomic mass is 10.2. The second-order valence-electron chi connectivity index (χ2n) is 5.26. The number of nitrogens with zero attached hydrogens (tertiary/aromatic N) is 1. The van der Waals surface area contributed by atoms with Gasteiger partial charge in [0.1, 0.15) is 11.6 Å². The van der Waals surface area contributed by atoms with E-state index in [4.69, 9.17) is 4.74 Å². The van der Waals surface area contributed by atoms with Crippen LogP contribution < -0.4 is 15.4 Å². The monoisotopic (exact) mass is 313 g/mol. The van der Waals surface area contributed by atoms with E-state index in [-0.39, 0.29) is 17.7 Å². The Kier molecular flexibility index (Phi) is 5.30. The van der Waals surface area contributed by atoms with E-state index in [1.807, 2.05) is 13.8 Å². The predicted molar refractivity (Wildman–Crippen MR) is 88.7 cm³/mol. The summed E-state index contributed by atoms with van der Waals surface area (Å²) in [6, 6.07) is 10.2. The molecule has 1 aromatic carbocycles. The molecule has 6 nitrogen and oxygen atoms in total. The van der Waals surface area contributed by atoms with Crippen molar-refractivity contribution < 1.29 is 14.3 Å². The summed E-state index contributed by atoms with van der Waals surface area (Å²) >= 11 is 0. The number of hydrogen-bond donors (Lipinski definition) is 2. The first-order valence-electron chi connectivity index (χ1n) is 7.22. The third-order valence-corrected chi connectivity index (χ3v) is 3.13. The molecule has 2 rings (SSSR count). The number of nitrogens with one attached hydrogen (secondary N) is 2. The Morgan fingerprint density at radius 2 is 1.91 bits per heavy atom. The molecule has 0 saturated carbocycles. The second kappa shape index (κ2) is 7.40. The van der Waals surface area contributed by atoms with Crippen molar-refractivity contribution in [2.75, 3.05) is 17.7 Å². The third kappa shape index (κ3) is 4.54. The van der Waals surface area contributed by atoms with Gasteiger partial charge in [0.2, 0.25) is 5.91 Å². The lowest BCUT2D eigenvalue weighted by molar-refractivity contribution is -0.118. The Morgan fingerprint density at radius 3 is 2.52 bits per heavy atom. The van der Waals surface area contributed by atoms with E-state index in [0.717, 1.165) is 0 Å². The van der Waals surface area contributed by atoms with Crippen LogP contribution >= 0.6 is 0 Å². The molecule has 1 heterocycles. The highest BCUT2D eigenvalue weighted by molar-refractivity contribution is 6.04. The van der Waals surface area contributed by atoms with Crippen molar-refractivity contribution in [3.63, 3.8) is 0 Å². The first-order chi connectivity index (χ1) is 11.0. The van der Waals surface area contributed by atoms with E-state index in [0.29, 0.717) is 22.8 Å². The molecule has 0 saturated heterocycles. The van der Waals surface area contributed by atoms with Gasteiger partial charge in [-0.15, -0.1) is 0 Å². The molecule has 2 aromatic rings. The molecule has 23 heavy (non-hydrogen) atoms. The van der Waals surface area contributed by atoms with E-state index in [1.165, 1.54) is 6.20 Å². The minimum absolute atomic E-state index is 0.0834. The van der Waals surface area contributed by atoms with Gasteiger partial charge < -0.3 is 15.4 Å². The normalized spacial score (nSPS) is 10.3. The van der Waals surface area contributed by atoms with Crippen LogP contribution in [0.3, 0.4) is 0 Å². The Morgan fingerprint density at radius 1 is 1.13 bits per heavy atom. The minimum Gasteiger partial charge on any atom is -0.497 e. The summed E-state index contributed by atoms with van der Waals surface area (Å²) in [5, 5.41) is 5.43. The van der Waals surface area contributed by atoms with E-state index in [2.05, 4.69) is 15.6 Å². The fourth-order valence-corrected chi connectivity index (χ4v) is 1.78. The SMILES string of the molecule is COc1cccc(C(=O)Nc2ccc(NC(=O)C(C)C)cn2)c1. The quantitative estimate of drug-likeness (QED) is 0.889. The largest absolute Gasteiger partial charge is 0.497 e. The highest BCUT2D eigenvalue weighted by atomic mass is 16.5. The van der Waals surface area contributed by atoms with Crippen LogP contribution in [0.4, 0.5) is 11.5 Å². The maximum absolute atomic E-state index is 12.2. The number of anilines is 2. The third-order valence-electron chi connectivity index (χ3n) is 3.13. The van der Waals surface area contributed by atoms with E-state index < -0.39 is 0 Å². The van der Waals surface area contributed by atoms with Gasteiger partial charge in [0.25, 0.3) is 5.91 Å². The first-order valence-corrected chi connectivity index (χ1v) is 7.22. The van der Waals surface area contributed by atoms with Crippen molar-refractivity contribution in [3.05, 3.63) is 48.2 Å². The number of rotatable bonds is 5. The molecule has 120 valence electrons. The van der Waals surface area contributed by atoms with E-state index in [9.17, 15) is 9.59 Å². The average Bonchev–Trinajstić information content (AvgIpc) is 2.56. The molecular weight excluding hydrogens is 294 g/mol. The molecule has 0 bridgehead atoms. The van der Waals surface area contributed by atoms with Crippen LogP contribution in [0, 0.1) is 5.92 Å². The Labute approximate surface area is 134 Å². The van der Waals surface area contributed by atoms with Crippen molar-refractivity contribution in [1.82, 2.24) is 4.98 Å². The number of carbonyl (C=O) groups excluding carboxylic acids is 2. The van der Waals surface area contributed by atoms with Crippen LogP contribution in [0.2, 0.25) is 0 Å². The van der Waals surface area contributed by atoms with Gasteiger partial charge in [0.15, 0.2) is 0 Å². The number of ether oxygens (including phenoxy) is 1. The highest BCUT2D eigenvalue weighted by Gasteiger charge is 2.09. The number of amides is 2. The van der Waals surface area contributed by atoms with Crippen molar-refractivity contribution in [1.29, 1.82) is 0 Å². The molecule has 0 unspecified atom stereocenters. The fraction of sp³-hybridized carbons (Fsp3) is 0.235. The average molecular weight is 313 g/mol. The zero-order valence-corrected chi connectivity index (χ0v) is 13.3. The Hall–Kier alpha value is -2.89. The number of aromatic nitrogens is 1. The summed E-state index contributed by atoms with van der Waals surface area (Å²) in [6.07, 6.45) is 1.50. The Balaban J connectivity index is 2.02. The van der Waals surface area contributed by atoms with Gasteiger partial charge in [-0.05, 0) is 30.3 Å². The molecule has 0 radical (unpaired) electrons. The number of benzene rings is 1. The molecular formula is C17H19N3O3. The van der Waals surface area contributed by atoms with Gasteiger partial charge in [0.05, 0.1) is 19.0 Å². The summed E-state index contributed by atoms with van der Waals surface area (Å²) < 4.78 is 5.09. The fourth-order valence-electron chi connectivity index (χ4n) is 1.78. The van der Waals surface area contributed by atoms with Crippen LogP contribution in [-0.2, 0) is 4.79 Å². The maximum Gasteiger partial charge on any atom is 0.256 e. The van der Waals surface area contributed by atoms with Crippen LogP contribution in [0.1, 0.15) is 24.2 Å². The minimum atomic E-state index is -0.282. The summed E-state index contributed by atoms with van der Waals surface area (Å²) in [6.45, 7) is 3.62. The Bertz CT molecular complexity index is 696. The van der Waals surface area contributed by atoms with Crippen LogP contribution in [0.25, 0.3) is 0 Å². The van der Waals surface area contributed by atoms with Gasteiger partial charge in [-0.3, -0.25) is 9.59 Å². The maximum atomic E-state index is 12.2. The topological polar surface area (TPSA) is 80.3 Å². The number of methoxy groups -OCH3 is 1. The van der Waals surface area contributed by atoms with Gasteiger partial charge in [0, 0.05) is 11.5 Å². The smallest absolute Gasteiger partial charge is 0.256 e. The molecule has 0 aliphatic heterocycles.